The van der Waals surface area contributed by atoms with Gasteiger partial charge in [0.2, 0.25) is 0 Å². The highest BCUT2D eigenvalue weighted by molar-refractivity contribution is 7.49. The number of phosphoric ester groups is 1. The van der Waals surface area contributed by atoms with E-state index in [-0.39, 0.29) is 6.61 Å². The zero-order chi connectivity index (χ0) is 25.5. The van der Waals surface area contributed by atoms with Crippen LogP contribution in [-0.2, 0) is 28.4 Å². The van der Waals surface area contributed by atoms with E-state index in [4.69, 9.17) is 13.6 Å². The van der Waals surface area contributed by atoms with E-state index in [1.165, 1.54) is 55.2 Å². The third kappa shape index (κ3) is 10.2. The number of para-hydroxylation sites is 2. The maximum Gasteiger partial charge on any atom is 0.587 e. The minimum absolute atomic E-state index is 0.280. The molecule has 3 aromatic carbocycles. The first-order valence-corrected chi connectivity index (χ1v) is 14.9. The maximum atomic E-state index is 13.5. The molecule has 3 aromatic rings. The van der Waals surface area contributed by atoms with Crippen molar-refractivity contribution in [3.8, 4) is 11.5 Å². The zero-order valence-corrected chi connectivity index (χ0v) is 22.8. The van der Waals surface area contributed by atoms with E-state index >= 15 is 0 Å². The van der Waals surface area contributed by atoms with E-state index in [0.717, 1.165) is 25.7 Å². The monoisotopic (exact) mass is 508 g/mol. The van der Waals surface area contributed by atoms with Gasteiger partial charge in [0.1, 0.15) is 11.5 Å². The number of benzene rings is 3. The second-order valence-corrected chi connectivity index (χ2v) is 10.8. The van der Waals surface area contributed by atoms with Crippen LogP contribution >= 0.6 is 7.82 Å². The summed E-state index contributed by atoms with van der Waals surface area (Å²) in [6.07, 6.45) is 11.3. The summed E-state index contributed by atoms with van der Waals surface area (Å²) in [5.41, 5.74) is 4.18. The fraction of sp³-hybridized carbons (Fsp3) is 0.419. The van der Waals surface area contributed by atoms with Gasteiger partial charge in [0.15, 0.2) is 0 Å². The lowest BCUT2D eigenvalue weighted by molar-refractivity contribution is 0.207. The molecule has 36 heavy (non-hydrogen) atoms. The second kappa shape index (κ2) is 15.5. The van der Waals surface area contributed by atoms with Crippen LogP contribution in [0.2, 0.25) is 0 Å². The number of aryl methyl sites for hydroxylation is 3. The molecule has 0 radical (unpaired) electrons. The predicted molar refractivity (Wildman–Crippen MR) is 149 cm³/mol. The Kier molecular flexibility index (Phi) is 12.1. The lowest BCUT2D eigenvalue weighted by atomic mass is 9.96. The first-order chi connectivity index (χ1) is 17.6. The number of phosphoric acid groups is 1. The zero-order valence-electron chi connectivity index (χ0n) is 21.9. The normalized spacial score (nSPS) is 11.4. The Hall–Kier alpha value is -2.55. The SMILES string of the molecule is CCCCCc1cc(CCCCC)cc(CCCOP(=O)(Oc2ccccc2)Oc2ccccc2)c1. The minimum atomic E-state index is -3.84. The summed E-state index contributed by atoms with van der Waals surface area (Å²) in [6, 6.07) is 25.1. The highest BCUT2D eigenvalue weighted by atomic mass is 31.2. The smallest absolute Gasteiger partial charge is 0.395 e. The summed E-state index contributed by atoms with van der Waals surface area (Å²) in [4.78, 5) is 0. The molecule has 3 rings (SSSR count). The molecule has 0 unspecified atom stereocenters. The molecule has 5 heteroatoms. The van der Waals surface area contributed by atoms with Gasteiger partial charge in [0.25, 0.3) is 0 Å². The molecule has 0 aliphatic heterocycles. The van der Waals surface area contributed by atoms with Gasteiger partial charge >= 0.3 is 7.82 Å². The Morgan fingerprint density at radius 3 is 1.42 bits per heavy atom. The summed E-state index contributed by atoms with van der Waals surface area (Å²) in [6.45, 7) is 4.77. The van der Waals surface area contributed by atoms with Crippen LogP contribution in [0.3, 0.4) is 0 Å². The predicted octanol–water partition coefficient (Wildman–Crippen LogP) is 9.37. The van der Waals surface area contributed by atoms with Gasteiger partial charge in [0, 0.05) is 0 Å². The molecule has 0 saturated heterocycles. The molecule has 4 nitrogen and oxygen atoms in total. The van der Waals surface area contributed by atoms with Crippen molar-refractivity contribution in [2.75, 3.05) is 6.61 Å². The van der Waals surface area contributed by atoms with E-state index in [0.29, 0.717) is 11.5 Å². The largest absolute Gasteiger partial charge is 0.587 e. The third-order valence-corrected chi connectivity index (χ3v) is 7.40. The number of hydrogen-bond donors (Lipinski definition) is 0. The van der Waals surface area contributed by atoms with Crippen LogP contribution in [0.25, 0.3) is 0 Å². The summed E-state index contributed by atoms with van der Waals surface area (Å²) in [5.74, 6) is 0.904. The van der Waals surface area contributed by atoms with E-state index < -0.39 is 7.82 Å². The molecule has 0 amide bonds. The summed E-state index contributed by atoms with van der Waals surface area (Å²) >= 11 is 0. The van der Waals surface area contributed by atoms with Crippen molar-refractivity contribution in [1.82, 2.24) is 0 Å². The van der Waals surface area contributed by atoms with Crippen molar-refractivity contribution in [1.29, 1.82) is 0 Å². The molecule has 0 fully saturated rings. The van der Waals surface area contributed by atoms with E-state index in [9.17, 15) is 4.57 Å². The molecule has 0 heterocycles. The highest BCUT2D eigenvalue weighted by Crippen LogP contribution is 2.49. The number of unbranched alkanes of at least 4 members (excludes halogenated alkanes) is 4. The Labute approximate surface area is 217 Å². The summed E-state index contributed by atoms with van der Waals surface area (Å²) in [7, 11) is -3.84. The summed E-state index contributed by atoms with van der Waals surface area (Å²) in [5, 5.41) is 0. The quantitative estimate of drug-likeness (QED) is 0.135. The van der Waals surface area contributed by atoms with Crippen LogP contribution in [0.5, 0.6) is 11.5 Å². The van der Waals surface area contributed by atoms with Crippen molar-refractivity contribution in [2.24, 2.45) is 0 Å². The Morgan fingerprint density at radius 1 is 0.583 bits per heavy atom. The van der Waals surface area contributed by atoms with Gasteiger partial charge < -0.3 is 9.05 Å². The van der Waals surface area contributed by atoms with E-state index in [1.54, 1.807) is 24.3 Å². The minimum Gasteiger partial charge on any atom is -0.395 e. The number of hydrogen-bond acceptors (Lipinski definition) is 4. The first-order valence-electron chi connectivity index (χ1n) is 13.5. The van der Waals surface area contributed by atoms with Gasteiger partial charge in [-0.05, 0) is 79.5 Å². The first kappa shape index (κ1) is 28.0. The molecule has 0 spiro atoms. The molecule has 194 valence electrons. The molecule has 0 aliphatic rings. The lowest BCUT2D eigenvalue weighted by Crippen LogP contribution is -2.07. The average molecular weight is 509 g/mol. The van der Waals surface area contributed by atoms with E-state index in [1.807, 2.05) is 36.4 Å². The van der Waals surface area contributed by atoms with Crippen molar-refractivity contribution < 1.29 is 18.1 Å². The lowest BCUT2D eigenvalue weighted by Gasteiger charge is -2.19. The molecule has 0 aromatic heterocycles. The fourth-order valence-electron chi connectivity index (χ4n) is 4.18. The molecule has 0 atom stereocenters. The summed E-state index contributed by atoms with van der Waals surface area (Å²) < 4.78 is 30.7. The second-order valence-electron chi connectivity index (χ2n) is 9.26. The van der Waals surface area contributed by atoms with Gasteiger partial charge in [-0.15, -0.1) is 0 Å². The highest BCUT2D eigenvalue weighted by Gasteiger charge is 2.30. The molecule has 0 N–H and O–H groups in total. The van der Waals surface area contributed by atoms with Crippen LogP contribution in [0.1, 0.15) is 75.5 Å². The van der Waals surface area contributed by atoms with Crippen LogP contribution in [-0.4, -0.2) is 6.61 Å². The van der Waals surface area contributed by atoms with E-state index in [2.05, 4.69) is 32.0 Å². The Morgan fingerprint density at radius 2 is 1.00 bits per heavy atom. The topological polar surface area (TPSA) is 44.8 Å². The number of rotatable bonds is 17. The molecular formula is C31H41O4P. The van der Waals surface area contributed by atoms with Crippen molar-refractivity contribution >= 4 is 7.82 Å². The Bertz CT molecular complexity index is 979. The van der Waals surface area contributed by atoms with Crippen LogP contribution in [0, 0.1) is 0 Å². The fourth-order valence-corrected chi connectivity index (χ4v) is 5.43. The van der Waals surface area contributed by atoms with Crippen molar-refractivity contribution in [3.05, 3.63) is 95.6 Å². The van der Waals surface area contributed by atoms with Crippen LogP contribution in [0.15, 0.2) is 78.9 Å². The third-order valence-electron chi connectivity index (χ3n) is 6.03. The molecule has 0 aliphatic carbocycles. The molecular weight excluding hydrogens is 467 g/mol. The Balaban J connectivity index is 1.62. The van der Waals surface area contributed by atoms with Gasteiger partial charge in [-0.2, -0.15) is 0 Å². The van der Waals surface area contributed by atoms with Gasteiger partial charge in [-0.3, -0.25) is 4.52 Å². The van der Waals surface area contributed by atoms with Gasteiger partial charge in [0.05, 0.1) is 6.61 Å². The van der Waals surface area contributed by atoms with Crippen molar-refractivity contribution in [3.63, 3.8) is 0 Å². The van der Waals surface area contributed by atoms with Crippen LogP contribution < -0.4 is 9.05 Å². The maximum absolute atomic E-state index is 13.5. The molecule has 0 saturated carbocycles. The average Bonchev–Trinajstić information content (AvgIpc) is 2.88. The standard InChI is InChI=1S/C31H41O4P/c1-3-5-9-16-27-24-28(17-10-6-4-2)26-29(25-27)18-15-23-33-36(32,34-30-19-11-7-12-20-30)35-31-21-13-8-14-22-31/h7-8,11-14,19-22,24-26H,3-6,9-10,15-18,23H2,1-2H3. The van der Waals surface area contributed by atoms with Crippen molar-refractivity contribution in [2.45, 2.75) is 78.1 Å². The van der Waals surface area contributed by atoms with Gasteiger partial charge in [-0.25, -0.2) is 4.57 Å². The van der Waals surface area contributed by atoms with Gasteiger partial charge in [-0.1, -0.05) is 94.1 Å². The molecule has 0 bridgehead atoms. The van der Waals surface area contributed by atoms with Crippen LogP contribution in [0.4, 0.5) is 0 Å².